The molecular weight excluding hydrogens is 378 g/mol. The molecule has 29 heavy (non-hydrogen) atoms. The molecule has 1 atom stereocenters. The van der Waals surface area contributed by atoms with Crippen molar-refractivity contribution in [1.29, 1.82) is 0 Å². The van der Waals surface area contributed by atoms with Crippen LogP contribution in [0.3, 0.4) is 0 Å². The van der Waals surface area contributed by atoms with Gasteiger partial charge in [0.2, 0.25) is 0 Å². The van der Waals surface area contributed by atoms with Crippen molar-refractivity contribution in [3.05, 3.63) is 47.8 Å². The normalized spacial score (nSPS) is 15.7. The molecule has 1 saturated heterocycles. The van der Waals surface area contributed by atoms with Crippen molar-refractivity contribution < 1.29 is 23.8 Å². The second-order valence-corrected chi connectivity index (χ2v) is 6.45. The van der Waals surface area contributed by atoms with E-state index >= 15 is 0 Å². The van der Waals surface area contributed by atoms with Crippen LogP contribution in [0.15, 0.2) is 41.5 Å². The van der Waals surface area contributed by atoms with Gasteiger partial charge in [-0.3, -0.25) is 9.69 Å². The Morgan fingerprint density at radius 1 is 1.34 bits per heavy atom. The van der Waals surface area contributed by atoms with Crippen molar-refractivity contribution >= 4 is 23.7 Å². The SMILES string of the molecule is COC(=O)Cc1cc(OCC2CN(c3ccc(CN=C(N)N)cc3)C(=O)O2)c[nH]1. The van der Waals surface area contributed by atoms with Gasteiger partial charge in [0.15, 0.2) is 12.1 Å². The zero-order valence-electron chi connectivity index (χ0n) is 16.0. The van der Waals surface area contributed by atoms with Gasteiger partial charge in [-0.05, 0) is 17.7 Å². The Morgan fingerprint density at radius 3 is 2.79 bits per heavy atom. The number of amides is 1. The van der Waals surface area contributed by atoms with E-state index < -0.39 is 12.2 Å². The fourth-order valence-electron chi connectivity index (χ4n) is 2.80. The number of nitrogens with two attached hydrogens (primary N) is 2. The maximum absolute atomic E-state index is 12.2. The molecule has 2 heterocycles. The smallest absolute Gasteiger partial charge is 0.414 e. The van der Waals surface area contributed by atoms with E-state index in [1.165, 1.54) is 12.0 Å². The second kappa shape index (κ2) is 9.00. The van der Waals surface area contributed by atoms with Crippen molar-refractivity contribution in [2.24, 2.45) is 16.5 Å². The number of aromatic nitrogens is 1. The van der Waals surface area contributed by atoms with Crippen LogP contribution >= 0.6 is 0 Å². The Bertz CT molecular complexity index is 889. The number of hydrogen-bond acceptors (Lipinski definition) is 6. The zero-order chi connectivity index (χ0) is 20.8. The summed E-state index contributed by atoms with van der Waals surface area (Å²) >= 11 is 0. The van der Waals surface area contributed by atoms with Crippen LogP contribution in [-0.4, -0.2) is 49.4 Å². The summed E-state index contributed by atoms with van der Waals surface area (Å²) in [5, 5.41) is 0. The van der Waals surface area contributed by atoms with Gasteiger partial charge < -0.3 is 30.7 Å². The Balaban J connectivity index is 1.52. The van der Waals surface area contributed by atoms with Crippen LogP contribution in [0.4, 0.5) is 10.5 Å². The number of hydrogen-bond donors (Lipinski definition) is 3. The van der Waals surface area contributed by atoms with E-state index in [9.17, 15) is 9.59 Å². The largest absolute Gasteiger partial charge is 0.488 e. The lowest BCUT2D eigenvalue weighted by Gasteiger charge is -2.13. The molecule has 1 amide bonds. The van der Waals surface area contributed by atoms with Gasteiger partial charge in [0.1, 0.15) is 12.4 Å². The zero-order valence-corrected chi connectivity index (χ0v) is 16.0. The first-order valence-electron chi connectivity index (χ1n) is 8.94. The molecule has 1 aliphatic heterocycles. The van der Waals surface area contributed by atoms with E-state index in [4.69, 9.17) is 20.9 Å². The summed E-state index contributed by atoms with van der Waals surface area (Å²) in [5.74, 6) is 0.241. The van der Waals surface area contributed by atoms with Gasteiger partial charge in [0.05, 0.1) is 26.6 Å². The van der Waals surface area contributed by atoms with Gasteiger partial charge in [-0.2, -0.15) is 0 Å². The van der Waals surface area contributed by atoms with Crippen molar-refractivity contribution in [1.82, 2.24) is 4.98 Å². The first-order chi connectivity index (χ1) is 13.9. The number of H-pyrrole nitrogens is 1. The molecule has 0 bridgehead atoms. The summed E-state index contributed by atoms with van der Waals surface area (Å²) in [6.07, 6.45) is 0.923. The van der Waals surface area contributed by atoms with Crippen LogP contribution < -0.4 is 21.1 Å². The first-order valence-corrected chi connectivity index (χ1v) is 8.94. The van der Waals surface area contributed by atoms with Crippen molar-refractivity contribution in [2.75, 3.05) is 25.2 Å². The molecule has 10 nitrogen and oxygen atoms in total. The average molecular weight is 401 g/mol. The van der Waals surface area contributed by atoms with Crippen molar-refractivity contribution in [3.63, 3.8) is 0 Å². The van der Waals surface area contributed by atoms with Crippen LogP contribution in [0.2, 0.25) is 0 Å². The van der Waals surface area contributed by atoms with Gasteiger partial charge in [-0.1, -0.05) is 12.1 Å². The van der Waals surface area contributed by atoms with Gasteiger partial charge in [-0.25, -0.2) is 9.79 Å². The number of carbonyl (C=O) groups excluding carboxylic acids is 2. The van der Waals surface area contributed by atoms with Crippen molar-refractivity contribution in [3.8, 4) is 5.75 Å². The quantitative estimate of drug-likeness (QED) is 0.338. The van der Waals surface area contributed by atoms with Gasteiger partial charge in [0.25, 0.3) is 0 Å². The summed E-state index contributed by atoms with van der Waals surface area (Å²) in [6.45, 7) is 0.935. The van der Waals surface area contributed by atoms with Crippen LogP contribution in [0, 0.1) is 0 Å². The van der Waals surface area contributed by atoms with Gasteiger partial charge in [0, 0.05) is 23.6 Å². The number of guanidine groups is 1. The lowest BCUT2D eigenvalue weighted by atomic mass is 10.2. The number of cyclic esters (lactones) is 1. The minimum Gasteiger partial charge on any atom is -0.488 e. The van der Waals surface area contributed by atoms with Crippen LogP contribution in [0.1, 0.15) is 11.3 Å². The molecule has 1 unspecified atom stereocenters. The highest BCUT2D eigenvalue weighted by atomic mass is 16.6. The van der Waals surface area contributed by atoms with Gasteiger partial charge in [-0.15, -0.1) is 0 Å². The minimum absolute atomic E-state index is 0.0277. The lowest BCUT2D eigenvalue weighted by Crippen LogP contribution is -2.26. The maximum Gasteiger partial charge on any atom is 0.414 e. The van der Waals surface area contributed by atoms with Gasteiger partial charge >= 0.3 is 12.1 Å². The number of methoxy groups -OCH3 is 1. The predicted molar refractivity (Wildman–Crippen MR) is 106 cm³/mol. The molecular formula is C19H23N5O5. The number of ether oxygens (including phenoxy) is 3. The third-order valence-corrected chi connectivity index (χ3v) is 4.28. The molecule has 0 radical (unpaired) electrons. The third-order valence-electron chi connectivity index (χ3n) is 4.28. The number of benzene rings is 1. The topological polar surface area (TPSA) is 145 Å². The molecule has 2 aromatic rings. The van der Waals surface area contributed by atoms with E-state index in [0.717, 1.165) is 5.56 Å². The molecule has 10 heteroatoms. The summed E-state index contributed by atoms with van der Waals surface area (Å²) in [6, 6.07) is 9.03. The van der Waals surface area contributed by atoms with Crippen LogP contribution in [0.25, 0.3) is 0 Å². The van der Waals surface area contributed by atoms with E-state index in [2.05, 4.69) is 14.7 Å². The predicted octanol–water partition coefficient (Wildman–Crippen LogP) is 0.908. The number of nitrogens with zero attached hydrogens (tertiary/aromatic N) is 2. The maximum atomic E-state index is 12.2. The van der Waals surface area contributed by atoms with E-state index in [1.54, 1.807) is 12.3 Å². The summed E-state index contributed by atoms with van der Waals surface area (Å²) in [7, 11) is 1.33. The highest BCUT2D eigenvalue weighted by molar-refractivity contribution is 5.89. The number of rotatable bonds is 8. The molecule has 1 aliphatic rings. The van der Waals surface area contributed by atoms with E-state index in [1.807, 2.05) is 24.3 Å². The first kappa shape index (κ1) is 20.1. The number of aliphatic imine (C=N–C) groups is 1. The average Bonchev–Trinajstić information content (AvgIpc) is 3.31. The minimum atomic E-state index is -0.434. The number of aromatic amines is 1. The fourth-order valence-corrected chi connectivity index (χ4v) is 2.80. The van der Waals surface area contributed by atoms with Crippen LogP contribution in [0.5, 0.6) is 5.75 Å². The third kappa shape index (κ3) is 5.41. The standard InChI is InChI=1S/C19H23N5O5/c1-27-17(25)7-13-6-15(9-22-13)28-11-16-10-24(19(26)29-16)14-4-2-12(3-5-14)8-23-18(20)21/h2-6,9,16,22H,7-8,10-11H2,1H3,(H4,20,21,23). The summed E-state index contributed by atoms with van der Waals surface area (Å²) < 4.78 is 15.7. The molecule has 1 aromatic carbocycles. The second-order valence-electron chi connectivity index (χ2n) is 6.45. The molecule has 1 fully saturated rings. The molecule has 154 valence electrons. The molecule has 0 aliphatic carbocycles. The molecule has 0 saturated carbocycles. The number of nitrogens with one attached hydrogen (secondary N) is 1. The molecule has 5 N–H and O–H groups in total. The van der Waals surface area contributed by atoms with Crippen molar-refractivity contribution in [2.45, 2.75) is 19.1 Å². The monoisotopic (exact) mass is 401 g/mol. The number of carbonyl (C=O) groups is 2. The Morgan fingerprint density at radius 2 is 2.10 bits per heavy atom. The highest BCUT2D eigenvalue weighted by Gasteiger charge is 2.32. The Labute approximate surface area is 167 Å². The molecule has 0 spiro atoms. The fraction of sp³-hybridized carbons (Fsp3) is 0.316. The molecule has 3 rings (SSSR count). The summed E-state index contributed by atoms with van der Waals surface area (Å²) in [4.78, 5) is 31.9. The van der Waals surface area contributed by atoms with E-state index in [0.29, 0.717) is 30.2 Å². The molecule has 1 aromatic heterocycles. The van der Waals surface area contributed by atoms with E-state index in [-0.39, 0.29) is 25.0 Å². The Hall–Kier alpha value is -3.69. The Kier molecular flexibility index (Phi) is 6.22. The summed E-state index contributed by atoms with van der Waals surface area (Å²) in [5.41, 5.74) is 13.0. The highest BCUT2D eigenvalue weighted by Crippen LogP contribution is 2.23. The number of esters is 1. The van der Waals surface area contributed by atoms with Crippen LogP contribution in [-0.2, 0) is 27.2 Å². The lowest BCUT2D eigenvalue weighted by molar-refractivity contribution is -0.139. The number of anilines is 1.